The molecule has 4 aromatic rings. The number of methoxy groups -OCH3 is 1. The molecule has 0 saturated carbocycles. The van der Waals surface area contributed by atoms with Crippen LogP contribution in [0.3, 0.4) is 0 Å². The second kappa shape index (κ2) is 11.3. The van der Waals surface area contributed by atoms with Gasteiger partial charge in [0.1, 0.15) is 10.7 Å². The molecule has 0 bridgehead atoms. The summed E-state index contributed by atoms with van der Waals surface area (Å²) in [4.78, 5) is 28.7. The van der Waals surface area contributed by atoms with Crippen molar-refractivity contribution in [1.82, 2.24) is 15.2 Å². The molecule has 182 valence electrons. The molecule has 0 unspecified atom stereocenters. The SMILES string of the molecule is COc1ccc(Cl)cc1-c1nc(S/C(=C/c2cc([N+](=O)[O-])ccc2Sc2ccccc2)C(=O)O)n[nH]1. The smallest absolute Gasteiger partial charge is 0.342 e. The summed E-state index contributed by atoms with van der Waals surface area (Å²) in [5.41, 5.74) is 0.794. The van der Waals surface area contributed by atoms with Crippen LogP contribution in [0.2, 0.25) is 5.02 Å². The topological polar surface area (TPSA) is 131 Å². The Bertz CT molecular complexity index is 1460. The number of aromatic nitrogens is 3. The van der Waals surface area contributed by atoms with Crippen molar-refractivity contribution < 1.29 is 19.6 Å². The third-order valence-electron chi connectivity index (χ3n) is 4.76. The third kappa shape index (κ3) is 6.06. The number of nitro benzene ring substituents is 1. The molecule has 2 N–H and O–H groups in total. The highest BCUT2D eigenvalue weighted by Crippen LogP contribution is 2.36. The fraction of sp³-hybridized carbons (Fsp3) is 0.0417. The van der Waals surface area contributed by atoms with E-state index in [0.29, 0.717) is 32.6 Å². The second-order valence-corrected chi connectivity index (χ2v) is 9.68. The van der Waals surface area contributed by atoms with Crippen LogP contribution in [0, 0.1) is 10.1 Å². The summed E-state index contributed by atoms with van der Waals surface area (Å²) in [5, 5.41) is 28.7. The van der Waals surface area contributed by atoms with Crippen LogP contribution in [0.15, 0.2) is 86.6 Å². The summed E-state index contributed by atoms with van der Waals surface area (Å²) in [7, 11) is 1.51. The van der Waals surface area contributed by atoms with Crippen LogP contribution in [-0.2, 0) is 4.79 Å². The highest BCUT2D eigenvalue weighted by molar-refractivity contribution is 8.04. The van der Waals surface area contributed by atoms with E-state index in [9.17, 15) is 20.0 Å². The summed E-state index contributed by atoms with van der Waals surface area (Å²) in [6, 6.07) is 18.7. The molecular weight excluding hydrogens is 524 g/mol. The van der Waals surface area contributed by atoms with Gasteiger partial charge in [0, 0.05) is 26.9 Å². The average Bonchev–Trinajstić information content (AvgIpc) is 3.33. The van der Waals surface area contributed by atoms with Gasteiger partial charge in [-0.15, -0.1) is 5.10 Å². The van der Waals surface area contributed by atoms with Gasteiger partial charge >= 0.3 is 5.97 Å². The molecule has 36 heavy (non-hydrogen) atoms. The number of non-ortho nitro benzene ring substituents is 1. The van der Waals surface area contributed by atoms with Crippen molar-refractivity contribution in [2.45, 2.75) is 14.9 Å². The molecule has 9 nitrogen and oxygen atoms in total. The largest absolute Gasteiger partial charge is 0.496 e. The highest BCUT2D eigenvalue weighted by atomic mass is 35.5. The van der Waals surface area contributed by atoms with Gasteiger partial charge in [0.05, 0.1) is 17.6 Å². The summed E-state index contributed by atoms with van der Waals surface area (Å²) in [6.07, 6.45) is 1.38. The Morgan fingerprint density at radius 3 is 2.64 bits per heavy atom. The third-order valence-corrected chi connectivity index (χ3v) is 6.97. The standard InChI is InChI=1S/C24H17ClN4O5S2/c1-34-19-9-7-15(25)13-18(19)22-26-24(28-27-22)36-21(23(30)31)12-14-11-16(29(32)33)8-10-20(14)35-17-5-3-2-4-6-17/h2-13H,1H3,(H,30,31)(H,26,27,28)/b21-12+. The van der Waals surface area contributed by atoms with Crippen molar-refractivity contribution in [1.29, 1.82) is 0 Å². The number of hydrogen-bond acceptors (Lipinski definition) is 8. The first-order valence-electron chi connectivity index (χ1n) is 10.2. The number of aliphatic carboxylic acids is 1. The number of carboxylic acid groups (broad SMARTS) is 1. The number of carboxylic acids is 1. The number of thioether (sulfide) groups is 1. The van der Waals surface area contributed by atoms with Gasteiger partial charge in [-0.05, 0) is 59.8 Å². The van der Waals surface area contributed by atoms with E-state index in [1.165, 1.54) is 37.1 Å². The lowest BCUT2D eigenvalue weighted by molar-refractivity contribution is -0.384. The summed E-state index contributed by atoms with van der Waals surface area (Å²) in [6.45, 7) is 0. The molecule has 4 rings (SSSR count). The van der Waals surface area contributed by atoms with E-state index < -0.39 is 10.9 Å². The quantitative estimate of drug-likeness (QED) is 0.107. The lowest BCUT2D eigenvalue weighted by Crippen LogP contribution is -1.98. The number of benzene rings is 3. The van der Waals surface area contributed by atoms with Gasteiger partial charge in [0.15, 0.2) is 5.82 Å². The van der Waals surface area contributed by atoms with Crippen molar-refractivity contribution in [3.05, 3.63) is 92.3 Å². The van der Waals surface area contributed by atoms with Gasteiger partial charge in [-0.2, -0.15) is 0 Å². The van der Waals surface area contributed by atoms with Gasteiger partial charge in [-0.25, -0.2) is 9.78 Å². The molecule has 0 atom stereocenters. The van der Waals surface area contributed by atoms with Gasteiger partial charge < -0.3 is 9.84 Å². The van der Waals surface area contributed by atoms with Crippen molar-refractivity contribution >= 4 is 52.9 Å². The minimum Gasteiger partial charge on any atom is -0.496 e. The Morgan fingerprint density at radius 1 is 1.17 bits per heavy atom. The van der Waals surface area contributed by atoms with E-state index in [1.807, 2.05) is 30.3 Å². The predicted molar refractivity (Wildman–Crippen MR) is 139 cm³/mol. The molecule has 0 aliphatic carbocycles. The van der Waals surface area contributed by atoms with Crippen molar-refractivity contribution in [3.8, 4) is 17.1 Å². The van der Waals surface area contributed by atoms with Crippen LogP contribution >= 0.6 is 35.1 Å². The number of nitro groups is 1. The number of nitrogens with one attached hydrogen (secondary N) is 1. The molecule has 0 aliphatic heterocycles. The Balaban J connectivity index is 1.69. The molecule has 0 fully saturated rings. The number of rotatable bonds is 9. The molecule has 0 spiro atoms. The van der Waals surface area contributed by atoms with Crippen LogP contribution in [-0.4, -0.2) is 38.3 Å². The summed E-state index contributed by atoms with van der Waals surface area (Å²) < 4.78 is 5.34. The minimum atomic E-state index is -1.23. The van der Waals surface area contributed by atoms with Crippen LogP contribution in [0.25, 0.3) is 17.5 Å². The Kier molecular flexibility index (Phi) is 7.93. The molecule has 1 heterocycles. The van der Waals surface area contributed by atoms with Crippen molar-refractivity contribution in [3.63, 3.8) is 0 Å². The first kappa shape index (κ1) is 25.3. The summed E-state index contributed by atoms with van der Waals surface area (Å²) >= 11 is 8.27. The Labute approximate surface area is 218 Å². The molecule has 12 heteroatoms. The maximum absolute atomic E-state index is 12.1. The van der Waals surface area contributed by atoms with Gasteiger partial charge in [-0.1, -0.05) is 41.6 Å². The number of carbonyl (C=O) groups is 1. The molecule has 0 aliphatic rings. The van der Waals surface area contributed by atoms with Gasteiger partial charge in [-0.3, -0.25) is 15.2 Å². The molecular formula is C24H17ClN4O5S2. The van der Waals surface area contributed by atoms with Crippen molar-refractivity contribution in [2.24, 2.45) is 0 Å². The van der Waals surface area contributed by atoms with E-state index >= 15 is 0 Å². The molecule has 1 aromatic heterocycles. The van der Waals surface area contributed by atoms with Crippen LogP contribution < -0.4 is 4.74 Å². The highest BCUT2D eigenvalue weighted by Gasteiger charge is 2.18. The van der Waals surface area contributed by atoms with Crippen molar-refractivity contribution in [2.75, 3.05) is 7.11 Å². The maximum atomic E-state index is 12.1. The predicted octanol–water partition coefficient (Wildman–Crippen LogP) is 6.41. The van der Waals surface area contributed by atoms with Gasteiger partial charge in [0.25, 0.3) is 5.69 Å². The zero-order valence-electron chi connectivity index (χ0n) is 18.5. The van der Waals surface area contributed by atoms with E-state index in [0.717, 1.165) is 16.7 Å². The first-order valence-corrected chi connectivity index (χ1v) is 12.3. The minimum absolute atomic E-state index is 0.117. The van der Waals surface area contributed by atoms with Crippen LogP contribution in [0.1, 0.15) is 5.56 Å². The molecule has 0 amide bonds. The molecule has 0 saturated heterocycles. The number of aromatic amines is 1. The number of ether oxygens (including phenoxy) is 1. The van der Waals surface area contributed by atoms with Gasteiger partial charge in [0.2, 0.25) is 5.16 Å². The number of H-pyrrole nitrogens is 1. The fourth-order valence-corrected chi connectivity index (χ4v) is 4.91. The van der Waals surface area contributed by atoms with E-state index in [-0.39, 0.29) is 15.7 Å². The van der Waals surface area contributed by atoms with Crippen LogP contribution in [0.4, 0.5) is 5.69 Å². The Morgan fingerprint density at radius 2 is 1.94 bits per heavy atom. The zero-order chi connectivity index (χ0) is 25.7. The van der Waals surface area contributed by atoms with Crippen LogP contribution in [0.5, 0.6) is 5.75 Å². The van der Waals surface area contributed by atoms with E-state index in [2.05, 4.69) is 15.2 Å². The Hall–Kier alpha value is -3.80. The summed E-state index contributed by atoms with van der Waals surface area (Å²) in [5.74, 6) is -0.369. The number of nitrogens with zero attached hydrogens (tertiary/aromatic N) is 3. The fourth-order valence-electron chi connectivity index (χ4n) is 3.12. The molecule has 0 radical (unpaired) electrons. The molecule has 3 aromatic carbocycles. The number of halogens is 1. The monoisotopic (exact) mass is 540 g/mol. The van der Waals surface area contributed by atoms with E-state index in [4.69, 9.17) is 16.3 Å². The second-order valence-electron chi connectivity index (χ2n) is 7.12. The lowest BCUT2D eigenvalue weighted by atomic mass is 10.2. The first-order chi connectivity index (χ1) is 17.3. The normalized spacial score (nSPS) is 11.3. The lowest BCUT2D eigenvalue weighted by Gasteiger charge is -2.07. The maximum Gasteiger partial charge on any atom is 0.342 e. The van der Waals surface area contributed by atoms with E-state index in [1.54, 1.807) is 24.3 Å². The zero-order valence-corrected chi connectivity index (χ0v) is 20.9. The number of hydrogen-bond donors (Lipinski definition) is 2. The average molecular weight is 541 g/mol.